The van der Waals surface area contributed by atoms with Gasteiger partial charge in [-0.2, -0.15) is 0 Å². The van der Waals surface area contributed by atoms with E-state index in [9.17, 15) is 0 Å². The molecule has 3 rings (SSSR count). The lowest BCUT2D eigenvalue weighted by molar-refractivity contribution is 0.648. The summed E-state index contributed by atoms with van der Waals surface area (Å²) in [7, 11) is 0. The quantitative estimate of drug-likeness (QED) is 0.712. The first kappa shape index (κ1) is 13.6. The maximum absolute atomic E-state index is 4.29. The van der Waals surface area contributed by atoms with E-state index < -0.39 is 0 Å². The minimum atomic E-state index is 0.452. The third-order valence-electron chi connectivity index (χ3n) is 3.66. The summed E-state index contributed by atoms with van der Waals surface area (Å²) in [6.07, 6.45) is 2.96. The van der Waals surface area contributed by atoms with Crippen LogP contribution in [0.4, 0.5) is 0 Å². The van der Waals surface area contributed by atoms with Gasteiger partial charge in [-0.15, -0.1) is 5.10 Å². The number of nitrogens with zero attached hydrogens (tertiary/aromatic N) is 3. The molecule has 3 nitrogen and oxygen atoms in total. The molecule has 0 N–H and O–H groups in total. The minimum absolute atomic E-state index is 0.452. The average Bonchev–Trinajstić information content (AvgIpc) is 2.96. The van der Waals surface area contributed by atoms with Crippen LogP contribution in [0, 0.1) is 0 Å². The van der Waals surface area contributed by atoms with Gasteiger partial charge in [0.1, 0.15) is 0 Å². The molecular weight excluding hydrogens is 258 g/mol. The highest BCUT2D eigenvalue weighted by atomic mass is 15.4. The van der Waals surface area contributed by atoms with Gasteiger partial charge in [0.15, 0.2) is 0 Å². The molecule has 1 unspecified atom stereocenters. The van der Waals surface area contributed by atoms with Gasteiger partial charge >= 0.3 is 0 Å². The van der Waals surface area contributed by atoms with E-state index in [1.165, 1.54) is 11.1 Å². The Morgan fingerprint density at radius 2 is 1.62 bits per heavy atom. The second kappa shape index (κ2) is 6.35. The third-order valence-corrected chi connectivity index (χ3v) is 3.66. The van der Waals surface area contributed by atoms with Crippen LogP contribution in [0.5, 0.6) is 0 Å². The van der Waals surface area contributed by atoms with Crippen molar-refractivity contribution in [3.05, 3.63) is 83.7 Å². The van der Waals surface area contributed by atoms with E-state index in [2.05, 4.69) is 53.6 Å². The van der Waals surface area contributed by atoms with Crippen LogP contribution in [0.25, 0.3) is 0 Å². The molecule has 0 saturated heterocycles. The van der Waals surface area contributed by atoms with Gasteiger partial charge in [0.05, 0.1) is 12.2 Å². The van der Waals surface area contributed by atoms with E-state index in [1.807, 2.05) is 35.1 Å². The van der Waals surface area contributed by atoms with E-state index in [0.29, 0.717) is 5.92 Å². The second-order valence-electron chi connectivity index (χ2n) is 5.41. The first-order valence-electron chi connectivity index (χ1n) is 7.29. The Bertz CT molecular complexity index is 674. The second-order valence-corrected chi connectivity index (χ2v) is 5.41. The molecule has 0 radical (unpaired) electrons. The molecule has 0 bridgehead atoms. The van der Waals surface area contributed by atoms with E-state index in [4.69, 9.17) is 0 Å². The van der Waals surface area contributed by atoms with Gasteiger partial charge in [0.25, 0.3) is 0 Å². The minimum Gasteiger partial charge on any atom is -0.248 e. The Morgan fingerprint density at radius 3 is 2.33 bits per heavy atom. The van der Waals surface area contributed by atoms with Crippen molar-refractivity contribution < 1.29 is 0 Å². The van der Waals surface area contributed by atoms with Crippen molar-refractivity contribution in [1.82, 2.24) is 15.0 Å². The molecule has 1 atom stereocenters. The first-order chi connectivity index (χ1) is 10.3. The molecular formula is C18H19N3. The predicted molar refractivity (Wildman–Crippen MR) is 84.1 cm³/mol. The van der Waals surface area contributed by atoms with Crippen LogP contribution >= 0.6 is 0 Å². The van der Waals surface area contributed by atoms with Crippen molar-refractivity contribution in [2.75, 3.05) is 0 Å². The molecule has 3 aromatic rings. The fourth-order valence-electron chi connectivity index (χ4n) is 2.49. The first-order valence-corrected chi connectivity index (χ1v) is 7.29. The van der Waals surface area contributed by atoms with Crippen LogP contribution in [-0.4, -0.2) is 15.0 Å². The lowest BCUT2D eigenvalue weighted by atomic mass is 9.97. The topological polar surface area (TPSA) is 30.7 Å². The van der Waals surface area contributed by atoms with E-state index >= 15 is 0 Å². The fourth-order valence-corrected chi connectivity index (χ4v) is 2.49. The summed E-state index contributed by atoms with van der Waals surface area (Å²) < 4.78 is 1.91. The Balaban J connectivity index is 1.65. The number of benzene rings is 2. The molecule has 0 fully saturated rings. The van der Waals surface area contributed by atoms with Crippen molar-refractivity contribution in [3.63, 3.8) is 0 Å². The Hall–Kier alpha value is -2.42. The molecule has 2 aromatic carbocycles. The summed E-state index contributed by atoms with van der Waals surface area (Å²) in [5.74, 6) is 0.452. The largest absolute Gasteiger partial charge is 0.248 e. The molecule has 106 valence electrons. The summed E-state index contributed by atoms with van der Waals surface area (Å²) in [4.78, 5) is 0. The lowest BCUT2D eigenvalue weighted by Crippen LogP contribution is -2.00. The zero-order valence-corrected chi connectivity index (χ0v) is 12.2. The monoisotopic (exact) mass is 277 g/mol. The summed E-state index contributed by atoms with van der Waals surface area (Å²) in [6, 6.07) is 20.9. The van der Waals surface area contributed by atoms with Crippen molar-refractivity contribution >= 4 is 0 Å². The molecule has 0 amide bonds. The van der Waals surface area contributed by atoms with Gasteiger partial charge in [-0.25, -0.2) is 4.68 Å². The van der Waals surface area contributed by atoms with Crippen LogP contribution in [0.15, 0.2) is 66.9 Å². The van der Waals surface area contributed by atoms with Crippen LogP contribution in [0.1, 0.15) is 29.7 Å². The molecule has 0 aliphatic heterocycles. The molecule has 1 aromatic heterocycles. The number of hydrogen-bond donors (Lipinski definition) is 0. The lowest BCUT2D eigenvalue weighted by Gasteiger charge is -2.09. The highest BCUT2D eigenvalue weighted by molar-refractivity contribution is 5.20. The SMILES string of the molecule is CC(Cc1cn(Cc2ccccc2)nn1)c1ccccc1. The van der Waals surface area contributed by atoms with Crippen molar-refractivity contribution in [1.29, 1.82) is 0 Å². The maximum atomic E-state index is 4.29. The van der Waals surface area contributed by atoms with Gasteiger partial charge in [0, 0.05) is 6.20 Å². The van der Waals surface area contributed by atoms with Gasteiger partial charge < -0.3 is 0 Å². The Morgan fingerprint density at radius 1 is 0.952 bits per heavy atom. The normalized spacial score (nSPS) is 12.2. The van der Waals surface area contributed by atoms with Gasteiger partial charge in [-0.1, -0.05) is 72.8 Å². The zero-order valence-electron chi connectivity index (χ0n) is 12.2. The molecule has 21 heavy (non-hydrogen) atoms. The summed E-state index contributed by atoms with van der Waals surface area (Å²) in [6.45, 7) is 3.00. The van der Waals surface area contributed by atoms with Crippen LogP contribution in [0.2, 0.25) is 0 Å². The van der Waals surface area contributed by atoms with E-state index in [0.717, 1.165) is 18.7 Å². The zero-order chi connectivity index (χ0) is 14.5. The molecule has 0 spiro atoms. The van der Waals surface area contributed by atoms with Gasteiger partial charge in [0.2, 0.25) is 0 Å². The third kappa shape index (κ3) is 3.57. The molecule has 0 saturated carbocycles. The Labute approximate surface area is 125 Å². The number of hydrogen-bond acceptors (Lipinski definition) is 2. The van der Waals surface area contributed by atoms with Crippen molar-refractivity contribution in [2.45, 2.75) is 25.8 Å². The molecule has 1 heterocycles. The average molecular weight is 277 g/mol. The van der Waals surface area contributed by atoms with E-state index in [1.54, 1.807) is 0 Å². The molecule has 0 aliphatic carbocycles. The van der Waals surface area contributed by atoms with Crippen LogP contribution in [-0.2, 0) is 13.0 Å². The summed E-state index contributed by atoms with van der Waals surface area (Å²) in [5.41, 5.74) is 3.63. The fraction of sp³-hybridized carbons (Fsp3) is 0.222. The summed E-state index contributed by atoms with van der Waals surface area (Å²) in [5, 5.41) is 8.52. The smallest absolute Gasteiger partial charge is 0.0833 e. The van der Waals surface area contributed by atoms with Crippen LogP contribution < -0.4 is 0 Å². The predicted octanol–water partition coefficient (Wildman–Crippen LogP) is 3.67. The number of aromatic nitrogens is 3. The standard InChI is InChI=1S/C18H19N3/c1-15(17-10-6-3-7-11-17)12-18-14-21(20-19-18)13-16-8-4-2-5-9-16/h2-11,14-15H,12-13H2,1H3. The summed E-state index contributed by atoms with van der Waals surface area (Å²) >= 11 is 0. The van der Waals surface area contributed by atoms with Gasteiger partial charge in [-0.05, 0) is 23.5 Å². The number of rotatable bonds is 5. The highest BCUT2D eigenvalue weighted by Crippen LogP contribution is 2.18. The van der Waals surface area contributed by atoms with Crippen molar-refractivity contribution in [3.8, 4) is 0 Å². The van der Waals surface area contributed by atoms with Crippen LogP contribution in [0.3, 0.4) is 0 Å². The van der Waals surface area contributed by atoms with Crippen molar-refractivity contribution in [2.24, 2.45) is 0 Å². The van der Waals surface area contributed by atoms with Gasteiger partial charge in [-0.3, -0.25) is 0 Å². The van der Waals surface area contributed by atoms with E-state index in [-0.39, 0.29) is 0 Å². The Kier molecular flexibility index (Phi) is 4.10. The molecule has 3 heteroatoms. The highest BCUT2D eigenvalue weighted by Gasteiger charge is 2.09. The molecule has 0 aliphatic rings. The maximum Gasteiger partial charge on any atom is 0.0833 e.